The molecule has 0 N–H and O–H groups in total. The maximum atomic E-state index is 6.83. The van der Waals surface area contributed by atoms with Crippen molar-refractivity contribution in [1.82, 2.24) is 14.7 Å². The molecule has 12 heteroatoms. The zero-order chi connectivity index (χ0) is 41.2. The van der Waals surface area contributed by atoms with E-state index in [4.69, 9.17) is 43.2 Å². The van der Waals surface area contributed by atoms with Gasteiger partial charge in [-0.3, -0.25) is 14.7 Å². The van der Waals surface area contributed by atoms with Gasteiger partial charge >= 0.3 is 0 Å². The van der Waals surface area contributed by atoms with Crippen molar-refractivity contribution in [2.24, 2.45) is 47.3 Å². The summed E-state index contributed by atoms with van der Waals surface area (Å²) in [4.78, 5) is 31.9. The van der Waals surface area contributed by atoms with Crippen LogP contribution in [0.5, 0.6) is 0 Å². The van der Waals surface area contributed by atoms with Crippen LogP contribution in [0.4, 0.5) is 0 Å². The number of nitrogens with zero attached hydrogens (tertiary/aromatic N) is 3. The van der Waals surface area contributed by atoms with Crippen molar-refractivity contribution in [3.05, 3.63) is 35.9 Å². The lowest BCUT2D eigenvalue weighted by Gasteiger charge is -2.61. The minimum atomic E-state index is -0.697. The Kier molecular flexibility index (Phi) is 12.4. The van der Waals surface area contributed by atoms with E-state index in [9.17, 15) is 0 Å². The fourth-order valence-corrected chi connectivity index (χ4v) is 13.5. The zero-order valence-electron chi connectivity index (χ0n) is 37.4. The quantitative estimate of drug-likeness (QED) is 0.281. The van der Waals surface area contributed by atoms with Gasteiger partial charge in [-0.15, -0.1) is 0 Å². The summed E-state index contributed by atoms with van der Waals surface area (Å²) in [6.45, 7) is 26.1. The van der Waals surface area contributed by atoms with Crippen molar-refractivity contribution in [2.45, 2.75) is 161 Å². The van der Waals surface area contributed by atoms with Gasteiger partial charge in [0.2, 0.25) is 11.6 Å². The molecule has 59 heavy (non-hydrogen) atoms. The molecule has 13 rings (SSSR count). The molecule has 10 saturated heterocycles. The van der Waals surface area contributed by atoms with Crippen LogP contribution in [0.2, 0.25) is 0 Å². The molecule has 10 aliphatic heterocycles. The van der Waals surface area contributed by atoms with Crippen LogP contribution in [-0.4, -0.2) is 115 Å². The minimum Gasteiger partial charge on any atom is -0.379 e. The Labute approximate surface area is 354 Å². The molecule has 12 fully saturated rings. The highest BCUT2D eigenvalue weighted by atomic mass is 17.3. The van der Waals surface area contributed by atoms with Gasteiger partial charge in [0.05, 0.1) is 13.2 Å². The molecule has 16 atom stereocenters. The molecule has 12 aliphatic rings. The van der Waals surface area contributed by atoms with Gasteiger partial charge in [-0.1, -0.05) is 71.9 Å². The number of morpholine rings is 1. The van der Waals surface area contributed by atoms with Crippen molar-refractivity contribution in [1.29, 1.82) is 0 Å². The van der Waals surface area contributed by atoms with Crippen LogP contribution in [0.3, 0.4) is 0 Å². The van der Waals surface area contributed by atoms with Gasteiger partial charge in [0.1, 0.15) is 12.5 Å². The second kappa shape index (κ2) is 17.0. The summed E-state index contributed by atoms with van der Waals surface area (Å²) in [5.41, 5.74) is 0.482. The molecule has 2 spiro atoms. The maximum Gasteiger partial charge on any atom is 0.201 e. The van der Waals surface area contributed by atoms with Gasteiger partial charge in [-0.2, -0.15) is 0 Å². The van der Waals surface area contributed by atoms with Gasteiger partial charge in [-0.05, 0) is 81.6 Å². The van der Waals surface area contributed by atoms with Gasteiger partial charge in [0.25, 0.3) is 0 Å². The number of benzene rings is 1. The molecule has 0 radical (unpaired) electrons. The molecule has 12 nitrogen and oxygen atoms in total. The molecule has 0 unspecified atom stereocenters. The Bertz CT molecular complexity index is 1560. The standard InChI is InChI=1S/C26H38N2O4.C19H31NO5.C2H6/c1-18-9-10-22-19(2)23(28-15-13-27(14-16-28)17-20-7-5-4-6-8-20)29-24-26(22)21(18)11-12-25(3,30-24)31-32-26;1-12-4-5-15-13(2)16(20-8-10-21-11-9-20)22-17-19(15)14(12)6-7-18(3,23-17)24-25-19;1-2/h4-8,18-19,21-24H,9-17H2,1-3H3;12-17H,4-11H2,1-3H3;1-2H3/t18-,19-,21+,22+,23-,24-,25-,26-;12-,13-,14+,15+,16-,17-,18-,19-;/m11./s1. The van der Waals surface area contributed by atoms with Crippen LogP contribution in [0, 0.1) is 47.3 Å². The van der Waals surface area contributed by atoms with Crippen molar-refractivity contribution in [3.8, 4) is 0 Å². The molecule has 10 heterocycles. The second-order valence-electron chi connectivity index (χ2n) is 20.0. The maximum absolute atomic E-state index is 6.83. The monoisotopic (exact) mass is 826 g/mol. The fraction of sp³-hybridized carbons (Fsp3) is 0.872. The average Bonchev–Trinajstić information content (AvgIpc) is 3.64. The number of piperazine rings is 1. The molecular formula is C47H75N3O9. The summed E-state index contributed by atoms with van der Waals surface area (Å²) in [6.07, 6.45) is 8.21. The predicted molar refractivity (Wildman–Crippen MR) is 221 cm³/mol. The highest BCUT2D eigenvalue weighted by molar-refractivity contribution is 5.15. The Balaban J connectivity index is 0.000000150. The summed E-state index contributed by atoms with van der Waals surface area (Å²) in [5.74, 6) is 2.29. The molecule has 2 aliphatic carbocycles. The third-order valence-corrected chi connectivity index (χ3v) is 16.7. The SMILES string of the molecule is CC.C[C@H]1[C@H](N2CCN(Cc3ccccc3)CC2)O[C@@H]2O[C@@]3(C)CC[C@H]4[C@H](C)CC[C@@H]1[C@@]24OO3.C[C@H]1[C@H](N2CCOCC2)O[C@@H]2O[C@@]3(C)CC[C@H]4[C@H](C)CC[C@@H]1[C@@]24OO3. The van der Waals surface area contributed by atoms with Crippen LogP contribution in [0.25, 0.3) is 0 Å². The Hall–Kier alpha value is -1.26. The van der Waals surface area contributed by atoms with E-state index >= 15 is 0 Å². The van der Waals surface area contributed by atoms with E-state index in [1.54, 1.807) is 0 Å². The van der Waals surface area contributed by atoms with Crippen molar-refractivity contribution < 1.29 is 43.2 Å². The van der Waals surface area contributed by atoms with E-state index in [1.807, 2.05) is 27.7 Å². The minimum absolute atomic E-state index is 0.0742. The molecular weight excluding hydrogens is 751 g/mol. The van der Waals surface area contributed by atoms with Crippen LogP contribution in [0.1, 0.15) is 112 Å². The fourth-order valence-electron chi connectivity index (χ4n) is 13.5. The van der Waals surface area contributed by atoms with E-state index in [2.05, 4.69) is 72.7 Å². The summed E-state index contributed by atoms with van der Waals surface area (Å²) in [5, 5.41) is 0. The first-order valence-electron chi connectivity index (χ1n) is 23.7. The van der Waals surface area contributed by atoms with Gasteiger partial charge < -0.3 is 23.7 Å². The van der Waals surface area contributed by atoms with E-state index in [-0.39, 0.29) is 25.0 Å². The van der Waals surface area contributed by atoms with Gasteiger partial charge in [0, 0.05) is 82.3 Å². The summed E-state index contributed by atoms with van der Waals surface area (Å²) in [6, 6.07) is 10.8. The van der Waals surface area contributed by atoms with Crippen LogP contribution in [-0.2, 0) is 49.8 Å². The molecule has 4 bridgehead atoms. The molecule has 2 saturated carbocycles. The number of ether oxygens (including phenoxy) is 5. The van der Waals surface area contributed by atoms with Crippen LogP contribution >= 0.6 is 0 Å². The molecule has 0 amide bonds. The van der Waals surface area contributed by atoms with Crippen LogP contribution in [0.15, 0.2) is 30.3 Å². The second-order valence-corrected chi connectivity index (χ2v) is 20.0. The highest BCUT2D eigenvalue weighted by Gasteiger charge is 2.71. The summed E-state index contributed by atoms with van der Waals surface area (Å²) < 4.78 is 32.0. The van der Waals surface area contributed by atoms with Crippen LogP contribution < -0.4 is 0 Å². The van der Waals surface area contributed by atoms with E-state index in [0.717, 1.165) is 97.6 Å². The van der Waals surface area contributed by atoms with Crippen molar-refractivity contribution >= 4 is 0 Å². The number of hydrogen-bond acceptors (Lipinski definition) is 12. The van der Waals surface area contributed by atoms with Crippen molar-refractivity contribution in [3.63, 3.8) is 0 Å². The number of fused-ring (bicyclic) bond motifs is 4. The lowest BCUT2D eigenvalue weighted by Crippen LogP contribution is -2.72. The third kappa shape index (κ3) is 7.48. The lowest BCUT2D eigenvalue weighted by atomic mass is 9.58. The largest absolute Gasteiger partial charge is 0.379 e. The summed E-state index contributed by atoms with van der Waals surface area (Å²) >= 11 is 0. The van der Waals surface area contributed by atoms with E-state index < -0.39 is 22.8 Å². The summed E-state index contributed by atoms with van der Waals surface area (Å²) in [7, 11) is 0. The third-order valence-electron chi connectivity index (χ3n) is 16.7. The van der Waals surface area contributed by atoms with E-state index in [0.29, 0.717) is 47.3 Å². The molecule has 332 valence electrons. The topological polar surface area (TPSA) is 92.8 Å². The normalized spacial score (nSPS) is 49.5. The smallest absolute Gasteiger partial charge is 0.201 e. The average molecular weight is 826 g/mol. The molecule has 1 aromatic rings. The number of hydrogen-bond donors (Lipinski definition) is 0. The Morgan fingerprint density at radius 1 is 0.559 bits per heavy atom. The molecule has 0 aromatic heterocycles. The number of rotatable bonds is 4. The van der Waals surface area contributed by atoms with Gasteiger partial charge in [-0.25, -0.2) is 19.6 Å². The zero-order valence-corrected chi connectivity index (χ0v) is 37.4. The van der Waals surface area contributed by atoms with Crippen molar-refractivity contribution in [2.75, 3.05) is 52.5 Å². The first-order chi connectivity index (χ1) is 28.5. The van der Waals surface area contributed by atoms with E-state index in [1.165, 1.54) is 18.4 Å². The molecule has 1 aromatic carbocycles. The highest BCUT2D eigenvalue weighted by Crippen LogP contribution is 2.62. The first kappa shape index (κ1) is 43.0. The first-order valence-corrected chi connectivity index (χ1v) is 23.7. The Morgan fingerprint density at radius 3 is 1.53 bits per heavy atom. The predicted octanol–water partition coefficient (Wildman–Crippen LogP) is 7.57. The lowest BCUT2D eigenvalue weighted by molar-refractivity contribution is -0.574. The van der Waals surface area contributed by atoms with Gasteiger partial charge in [0.15, 0.2) is 23.8 Å². The Morgan fingerprint density at radius 2 is 1.03 bits per heavy atom.